The van der Waals surface area contributed by atoms with Crippen LogP contribution in [0.1, 0.15) is 32.6 Å². The number of aliphatic hydroxyl groups is 1. The topological polar surface area (TPSA) is 64.3 Å². The fourth-order valence-corrected chi connectivity index (χ4v) is 2.07. The van der Waals surface area contributed by atoms with E-state index in [1.54, 1.807) is 11.5 Å². The number of imidazole rings is 1. The van der Waals surface area contributed by atoms with Crippen LogP contribution in [0.15, 0.2) is 24.3 Å². The number of carbonyl (C=O) groups is 1. The Morgan fingerprint density at radius 2 is 2.05 bits per heavy atom. The number of hydrogen-bond donors (Lipinski definition) is 1. The largest absolute Gasteiger partial charge is 0.461 e. The predicted molar refractivity (Wildman–Crippen MR) is 71.6 cm³/mol. The second-order valence-corrected chi connectivity index (χ2v) is 4.71. The Morgan fingerprint density at radius 3 is 2.68 bits per heavy atom. The maximum Gasteiger partial charge on any atom is 0.329 e. The zero-order valence-corrected chi connectivity index (χ0v) is 11.3. The Bertz CT molecular complexity index is 589. The standard InChI is InChI=1S/C14H18N2O3/c1-9(2)19-14(18)10(3)16-12-7-5-4-6-11(12)15-13(16)8-17/h4-7,9-10,17H,8H2,1-3H3. The molecule has 0 saturated heterocycles. The first kappa shape index (κ1) is 13.5. The van der Waals surface area contributed by atoms with Crippen molar-refractivity contribution in [3.05, 3.63) is 30.1 Å². The average Bonchev–Trinajstić information content (AvgIpc) is 2.75. The van der Waals surface area contributed by atoms with E-state index in [0.717, 1.165) is 11.0 Å². The summed E-state index contributed by atoms with van der Waals surface area (Å²) in [7, 11) is 0. The number of aliphatic hydroxyl groups excluding tert-OH is 1. The van der Waals surface area contributed by atoms with E-state index >= 15 is 0 Å². The van der Waals surface area contributed by atoms with Gasteiger partial charge in [-0.1, -0.05) is 12.1 Å². The summed E-state index contributed by atoms with van der Waals surface area (Å²) in [4.78, 5) is 16.3. The number of hydrogen-bond acceptors (Lipinski definition) is 4. The third-order valence-electron chi connectivity index (χ3n) is 2.89. The van der Waals surface area contributed by atoms with E-state index in [1.807, 2.05) is 38.1 Å². The number of aromatic nitrogens is 2. The highest BCUT2D eigenvalue weighted by molar-refractivity contribution is 5.81. The number of nitrogens with zero attached hydrogens (tertiary/aromatic N) is 2. The first-order chi connectivity index (χ1) is 9.04. The van der Waals surface area contributed by atoms with Gasteiger partial charge in [-0.05, 0) is 32.9 Å². The zero-order chi connectivity index (χ0) is 14.0. The molecule has 0 aliphatic carbocycles. The minimum Gasteiger partial charge on any atom is -0.461 e. The van der Waals surface area contributed by atoms with Gasteiger partial charge in [-0.3, -0.25) is 0 Å². The lowest BCUT2D eigenvalue weighted by Gasteiger charge is -2.17. The summed E-state index contributed by atoms with van der Waals surface area (Å²) in [5.74, 6) is 0.141. The van der Waals surface area contributed by atoms with E-state index in [-0.39, 0.29) is 18.7 Å². The van der Waals surface area contributed by atoms with Gasteiger partial charge in [0.15, 0.2) is 0 Å². The van der Waals surface area contributed by atoms with Gasteiger partial charge in [0.05, 0.1) is 17.1 Å². The Balaban J connectivity index is 2.45. The van der Waals surface area contributed by atoms with Gasteiger partial charge in [-0.15, -0.1) is 0 Å². The van der Waals surface area contributed by atoms with E-state index < -0.39 is 6.04 Å². The molecule has 0 fully saturated rings. The third kappa shape index (κ3) is 2.61. The summed E-state index contributed by atoms with van der Waals surface area (Å²) in [6, 6.07) is 6.96. The van der Waals surface area contributed by atoms with Crippen LogP contribution in [-0.2, 0) is 16.1 Å². The molecule has 1 aromatic carbocycles. The highest BCUT2D eigenvalue weighted by Gasteiger charge is 2.22. The van der Waals surface area contributed by atoms with Crippen LogP contribution in [0, 0.1) is 0 Å². The third-order valence-corrected chi connectivity index (χ3v) is 2.89. The normalized spacial score (nSPS) is 12.9. The van der Waals surface area contributed by atoms with Gasteiger partial charge < -0.3 is 14.4 Å². The van der Waals surface area contributed by atoms with Crippen LogP contribution >= 0.6 is 0 Å². The van der Waals surface area contributed by atoms with E-state index in [9.17, 15) is 9.90 Å². The van der Waals surface area contributed by atoms with E-state index in [2.05, 4.69) is 4.98 Å². The van der Waals surface area contributed by atoms with Crippen LogP contribution in [0.5, 0.6) is 0 Å². The highest BCUT2D eigenvalue weighted by atomic mass is 16.5. The summed E-state index contributed by atoms with van der Waals surface area (Å²) in [5, 5.41) is 9.40. The molecule has 1 aromatic heterocycles. The Kier molecular flexibility index (Phi) is 3.85. The molecule has 19 heavy (non-hydrogen) atoms. The predicted octanol–water partition coefficient (Wildman–Crippen LogP) is 2.04. The maximum atomic E-state index is 12.0. The summed E-state index contributed by atoms with van der Waals surface area (Å²) >= 11 is 0. The van der Waals surface area contributed by atoms with Gasteiger partial charge in [0.2, 0.25) is 0 Å². The van der Waals surface area contributed by atoms with Crippen molar-refractivity contribution in [3.63, 3.8) is 0 Å². The monoisotopic (exact) mass is 262 g/mol. The fraction of sp³-hybridized carbons (Fsp3) is 0.429. The van der Waals surface area contributed by atoms with Crippen molar-refractivity contribution < 1.29 is 14.6 Å². The van der Waals surface area contributed by atoms with Gasteiger partial charge in [0.1, 0.15) is 18.5 Å². The number of para-hydroxylation sites is 2. The summed E-state index contributed by atoms with van der Waals surface area (Å²) in [6.07, 6.45) is -0.165. The van der Waals surface area contributed by atoms with Crippen molar-refractivity contribution in [2.75, 3.05) is 0 Å². The first-order valence-electron chi connectivity index (χ1n) is 6.31. The number of esters is 1. The van der Waals surface area contributed by atoms with E-state index in [4.69, 9.17) is 4.74 Å². The highest BCUT2D eigenvalue weighted by Crippen LogP contribution is 2.22. The Hall–Kier alpha value is -1.88. The second-order valence-electron chi connectivity index (χ2n) is 4.71. The van der Waals surface area contributed by atoms with Crippen molar-refractivity contribution in [2.45, 2.75) is 39.5 Å². The van der Waals surface area contributed by atoms with Gasteiger partial charge in [0, 0.05) is 0 Å². The molecule has 1 N–H and O–H groups in total. The Labute approximate surface area is 111 Å². The number of ether oxygens (including phenoxy) is 1. The summed E-state index contributed by atoms with van der Waals surface area (Å²) in [6.45, 7) is 5.15. The molecule has 1 atom stereocenters. The van der Waals surface area contributed by atoms with E-state index in [1.165, 1.54) is 0 Å². The lowest BCUT2D eigenvalue weighted by molar-refractivity contribution is -0.150. The molecule has 1 heterocycles. The lowest BCUT2D eigenvalue weighted by atomic mass is 10.2. The maximum absolute atomic E-state index is 12.0. The van der Waals surface area contributed by atoms with Crippen LogP contribution in [0.2, 0.25) is 0 Å². The number of fused-ring (bicyclic) bond motifs is 1. The number of carbonyl (C=O) groups excluding carboxylic acids is 1. The molecular formula is C14H18N2O3. The van der Waals surface area contributed by atoms with Crippen molar-refractivity contribution in [1.82, 2.24) is 9.55 Å². The quantitative estimate of drug-likeness (QED) is 0.856. The molecule has 0 aliphatic rings. The summed E-state index contributed by atoms with van der Waals surface area (Å²) < 4.78 is 6.94. The lowest BCUT2D eigenvalue weighted by Crippen LogP contribution is -2.23. The molecule has 0 aliphatic heterocycles. The molecular weight excluding hydrogens is 244 g/mol. The molecule has 0 bridgehead atoms. The average molecular weight is 262 g/mol. The van der Waals surface area contributed by atoms with Crippen molar-refractivity contribution >= 4 is 17.0 Å². The minimum atomic E-state index is -0.517. The van der Waals surface area contributed by atoms with Crippen LogP contribution in [0.3, 0.4) is 0 Å². The molecule has 2 rings (SSSR count). The van der Waals surface area contributed by atoms with Crippen LogP contribution in [0.25, 0.3) is 11.0 Å². The van der Waals surface area contributed by atoms with Crippen molar-refractivity contribution in [3.8, 4) is 0 Å². The first-order valence-corrected chi connectivity index (χ1v) is 6.31. The molecule has 1 unspecified atom stereocenters. The van der Waals surface area contributed by atoms with Gasteiger partial charge in [0.25, 0.3) is 0 Å². The van der Waals surface area contributed by atoms with Crippen LogP contribution in [-0.4, -0.2) is 26.7 Å². The molecule has 0 saturated carbocycles. The van der Waals surface area contributed by atoms with Crippen LogP contribution in [0.4, 0.5) is 0 Å². The van der Waals surface area contributed by atoms with Crippen molar-refractivity contribution in [1.29, 1.82) is 0 Å². The number of rotatable bonds is 4. The Morgan fingerprint density at radius 1 is 1.37 bits per heavy atom. The van der Waals surface area contributed by atoms with Gasteiger partial charge in [-0.25, -0.2) is 9.78 Å². The SMILES string of the molecule is CC(C)OC(=O)C(C)n1c(CO)nc2ccccc21. The molecule has 0 amide bonds. The van der Waals surface area contributed by atoms with Gasteiger partial charge in [-0.2, -0.15) is 0 Å². The molecule has 102 valence electrons. The number of benzene rings is 1. The molecule has 5 nitrogen and oxygen atoms in total. The zero-order valence-electron chi connectivity index (χ0n) is 11.3. The fourth-order valence-electron chi connectivity index (χ4n) is 2.07. The second kappa shape index (κ2) is 5.40. The summed E-state index contributed by atoms with van der Waals surface area (Å²) in [5.41, 5.74) is 1.58. The smallest absolute Gasteiger partial charge is 0.329 e. The van der Waals surface area contributed by atoms with Crippen molar-refractivity contribution in [2.24, 2.45) is 0 Å². The van der Waals surface area contributed by atoms with Gasteiger partial charge >= 0.3 is 5.97 Å². The van der Waals surface area contributed by atoms with E-state index in [0.29, 0.717) is 5.82 Å². The molecule has 0 spiro atoms. The molecule has 5 heteroatoms. The minimum absolute atomic E-state index is 0.165. The molecule has 0 radical (unpaired) electrons. The van der Waals surface area contributed by atoms with Crippen LogP contribution < -0.4 is 0 Å². The molecule has 2 aromatic rings.